The number of benzene rings is 2. The molecule has 2 fully saturated rings. The average Bonchev–Trinajstić information content (AvgIpc) is 3.31. The number of methoxy groups -OCH3 is 1. The highest BCUT2D eigenvalue weighted by Crippen LogP contribution is 2.51. The number of anilines is 1. The Bertz CT molecular complexity index is 1150. The number of ether oxygens (including phenoxy) is 1. The Morgan fingerprint density at radius 3 is 2.47 bits per heavy atom. The number of hydrogen-bond acceptors (Lipinski definition) is 8. The van der Waals surface area contributed by atoms with Crippen molar-refractivity contribution in [3.63, 3.8) is 0 Å². The highest BCUT2D eigenvalue weighted by molar-refractivity contribution is 7.98. The third-order valence-electron chi connectivity index (χ3n) is 6.67. The highest BCUT2D eigenvalue weighted by atomic mass is 32.2. The highest BCUT2D eigenvalue weighted by Gasteiger charge is 2.68. The lowest BCUT2D eigenvalue weighted by molar-refractivity contribution is -0.152. The average molecular weight is 483 g/mol. The lowest BCUT2D eigenvalue weighted by Gasteiger charge is -2.32. The van der Waals surface area contributed by atoms with Crippen LogP contribution in [-0.2, 0) is 19.1 Å². The molecule has 0 bridgehead atoms. The molecule has 34 heavy (non-hydrogen) atoms. The molecule has 0 saturated carbocycles. The van der Waals surface area contributed by atoms with Crippen LogP contribution in [0.4, 0.5) is 5.69 Å². The van der Waals surface area contributed by atoms with E-state index in [1.165, 1.54) is 44.0 Å². The Labute approximate surface area is 201 Å². The molecule has 2 aromatic rings. The first-order chi connectivity index (χ1) is 16.2. The summed E-state index contributed by atoms with van der Waals surface area (Å²) < 4.78 is 5.14. The van der Waals surface area contributed by atoms with Crippen LogP contribution >= 0.6 is 11.8 Å². The maximum Gasteiger partial charge on any atom is 0.326 e. The normalized spacial score (nSPS) is 26.0. The standard InChI is InChI=1S/C25H26N2O6S/c1-14(28)16-5-4-6-17(13-16)27-22(30)19-20(23(27)31)25(11-12-34-3,24(32)33-2)26-21(19)15-7-9-18(29)10-8-15/h4-10,13,19-21,26,29H,11-12H2,1-3H3/t19-,20+,21-,25-/m1/s1. The second-order valence-electron chi connectivity index (χ2n) is 8.54. The zero-order chi connectivity index (χ0) is 24.6. The predicted octanol–water partition coefficient (Wildman–Crippen LogP) is 2.71. The number of imide groups is 1. The van der Waals surface area contributed by atoms with Crippen molar-refractivity contribution in [3.05, 3.63) is 59.7 Å². The maximum absolute atomic E-state index is 13.8. The Morgan fingerprint density at radius 1 is 1.15 bits per heavy atom. The second-order valence-corrected chi connectivity index (χ2v) is 9.53. The van der Waals surface area contributed by atoms with E-state index in [0.717, 1.165) is 4.90 Å². The summed E-state index contributed by atoms with van der Waals surface area (Å²) in [6.07, 6.45) is 2.19. The Morgan fingerprint density at radius 2 is 1.85 bits per heavy atom. The zero-order valence-electron chi connectivity index (χ0n) is 19.1. The SMILES string of the molecule is COC(=O)[C@]1(CCSC)N[C@H](c2ccc(O)cc2)[C@@H]2C(=O)N(c3cccc(C(C)=O)c3)C(=O)[C@H]21. The van der Waals surface area contributed by atoms with Crippen molar-refractivity contribution in [2.45, 2.75) is 24.9 Å². The number of carbonyl (C=O) groups is 4. The molecule has 2 aliphatic rings. The number of nitrogens with one attached hydrogen (secondary N) is 1. The Kier molecular flexibility index (Phi) is 6.51. The topological polar surface area (TPSA) is 113 Å². The minimum absolute atomic E-state index is 0.0661. The molecule has 2 saturated heterocycles. The van der Waals surface area contributed by atoms with Gasteiger partial charge in [0.05, 0.1) is 24.6 Å². The van der Waals surface area contributed by atoms with Crippen LogP contribution in [0.3, 0.4) is 0 Å². The van der Waals surface area contributed by atoms with Crippen LogP contribution in [0, 0.1) is 11.8 Å². The quantitative estimate of drug-likeness (QED) is 0.352. The smallest absolute Gasteiger partial charge is 0.326 e. The summed E-state index contributed by atoms with van der Waals surface area (Å²) in [5.41, 5.74) is -0.0524. The number of carbonyl (C=O) groups excluding carboxylic acids is 4. The van der Waals surface area contributed by atoms with Gasteiger partial charge in [0.15, 0.2) is 5.78 Å². The minimum atomic E-state index is -1.40. The van der Waals surface area contributed by atoms with Gasteiger partial charge in [-0.2, -0.15) is 11.8 Å². The van der Waals surface area contributed by atoms with Gasteiger partial charge in [0, 0.05) is 11.6 Å². The third-order valence-corrected chi connectivity index (χ3v) is 7.28. The summed E-state index contributed by atoms with van der Waals surface area (Å²) in [5, 5.41) is 13.0. The number of amides is 2. The van der Waals surface area contributed by atoms with Crippen molar-refractivity contribution in [3.8, 4) is 5.75 Å². The lowest BCUT2D eigenvalue weighted by atomic mass is 9.78. The summed E-state index contributed by atoms with van der Waals surface area (Å²) in [7, 11) is 1.27. The molecule has 4 atom stereocenters. The van der Waals surface area contributed by atoms with E-state index in [-0.39, 0.29) is 18.0 Å². The lowest BCUT2D eigenvalue weighted by Crippen LogP contribution is -2.56. The van der Waals surface area contributed by atoms with E-state index in [9.17, 15) is 24.3 Å². The summed E-state index contributed by atoms with van der Waals surface area (Å²) in [4.78, 5) is 53.8. The number of thioether (sulfide) groups is 1. The van der Waals surface area contributed by atoms with Gasteiger partial charge in [-0.1, -0.05) is 24.3 Å². The molecule has 2 N–H and O–H groups in total. The Hall–Kier alpha value is -3.17. The summed E-state index contributed by atoms with van der Waals surface area (Å²) >= 11 is 1.52. The summed E-state index contributed by atoms with van der Waals surface area (Å²) in [6.45, 7) is 1.41. The van der Waals surface area contributed by atoms with Gasteiger partial charge >= 0.3 is 5.97 Å². The molecule has 2 aliphatic heterocycles. The van der Waals surface area contributed by atoms with Crippen LogP contribution in [0.25, 0.3) is 0 Å². The molecule has 9 heteroatoms. The van der Waals surface area contributed by atoms with E-state index < -0.39 is 41.2 Å². The van der Waals surface area contributed by atoms with Gasteiger partial charge in [0.1, 0.15) is 11.3 Å². The molecule has 2 aromatic carbocycles. The fourth-order valence-corrected chi connectivity index (χ4v) is 5.58. The van der Waals surface area contributed by atoms with Gasteiger partial charge in [0.2, 0.25) is 11.8 Å². The molecule has 0 unspecified atom stereocenters. The molecule has 2 amide bonds. The molecule has 178 valence electrons. The van der Waals surface area contributed by atoms with Crippen molar-refractivity contribution in [2.24, 2.45) is 11.8 Å². The number of ketones is 1. The van der Waals surface area contributed by atoms with Gasteiger partial charge in [-0.05, 0) is 55.2 Å². The van der Waals surface area contributed by atoms with Crippen LogP contribution in [0.1, 0.15) is 35.3 Å². The van der Waals surface area contributed by atoms with Gasteiger partial charge in [0.25, 0.3) is 0 Å². The Balaban J connectivity index is 1.86. The summed E-state index contributed by atoms with van der Waals surface area (Å²) in [5.74, 6) is -2.96. The van der Waals surface area contributed by atoms with Crippen LogP contribution in [0.5, 0.6) is 5.75 Å². The molecule has 0 spiro atoms. The number of aromatic hydroxyl groups is 1. The van der Waals surface area contributed by atoms with Gasteiger partial charge in [-0.15, -0.1) is 0 Å². The third kappa shape index (κ3) is 3.78. The van der Waals surface area contributed by atoms with Gasteiger partial charge < -0.3 is 9.84 Å². The van der Waals surface area contributed by atoms with Gasteiger partial charge in [-0.3, -0.25) is 24.5 Å². The fourth-order valence-electron chi connectivity index (χ4n) is 5.05. The fraction of sp³-hybridized carbons (Fsp3) is 0.360. The number of nitrogens with zero attached hydrogens (tertiary/aromatic N) is 1. The number of phenols is 1. The second kappa shape index (κ2) is 9.23. The van der Waals surface area contributed by atoms with Crippen molar-refractivity contribution in [1.82, 2.24) is 5.32 Å². The molecule has 0 aromatic heterocycles. The molecule has 2 heterocycles. The van der Waals surface area contributed by atoms with Crippen molar-refractivity contribution < 1.29 is 29.0 Å². The molecule has 0 radical (unpaired) electrons. The van der Waals surface area contributed by atoms with Crippen molar-refractivity contribution in [2.75, 3.05) is 24.0 Å². The first-order valence-electron chi connectivity index (χ1n) is 10.9. The molecule has 4 rings (SSSR count). The van der Waals surface area contributed by atoms with Gasteiger partial charge in [-0.25, -0.2) is 4.90 Å². The molecule has 8 nitrogen and oxygen atoms in total. The van der Waals surface area contributed by atoms with E-state index in [2.05, 4.69) is 5.32 Å². The van der Waals surface area contributed by atoms with Crippen LogP contribution in [0.2, 0.25) is 0 Å². The first-order valence-corrected chi connectivity index (χ1v) is 12.3. The van der Waals surface area contributed by atoms with E-state index in [1.54, 1.807) is 30.3 Å². The number of Topliss-reactive ketones (excluding diaryl/α,β-unsaturated/α-hetero) is 1. The van der Waals surface area contributed by atoms with E-state index in [4.69, 9.17) is 4.74 Å². The number of fused-ring (bicyclic) bond motifs is 1. The van der Waals surface area contributed by atoms with E-state index in [0.29, 0.717) is 22.6 Å². The molecular weight excluding hydrogens is 456 g/mol. The molecule has 0 aliphatic carbocycles. The monoisotopic (exact) mass is 482 g/mol. The van der Waals surface area contributed by atoms with Crippen LogP contribution in [0.15, 0.2) is 48.5 Å². The van der Waals surface area contributed by atoms with Crippen molar-refractivity contribution in [1.29, 1.82) is 0 Å². The van der Waals surface area contributed by atoms with Crippen molar-refractivity contribution >= 4 is 41.0 Å². The number of rotatable bonds is 7. The largest absolute Gasteiger partial charge is 0.508 e. The first kappa shape index (κ1) is 24.0. The maximum atomic E-state index is 13.8. The van der Waals surface area contributed by atoms with Crippen LogP contribution in [-0.4, -0.2) is 53.3 Å². The van der Waals surface area contributed by atoms with E-state index >= 15 is 0 Å². The predicted molar refractivity (Wildman–Crippen MR) is 128 cm³/mol. The zero-order valence-corrected chi connectivity index (χ0v) is 19.9. The molecular formula is C25H26N2O6S. The number of esters is 1. The van der Waals surface area contributed by atoms with E-state index in [1.807, 2.05) is 6.26 Å². The number of phenolic OH excluding ortho intramolecular Hbond substituents is 1. The van der Waals surface area contributed by atoms with Crippen LogP contribution < -0.4 is 10.2 Å². The number of hydrogen-bond donors (Lipinski definition) is 2. The summed E-state index contributed by atoms with van der Waals surface area (Å²) in [6, 6.07) is 12.1. The minimum Gasteiger partial charge on any atom is -0.508 e.